The van der Waals surface area contributed by atoms with Gasteiger partial charge in [0.2, 0.25) is 12.7 Å². The SMILES string of the molecule is COc1ccc(OC)c(CNC(=O)/C=C/c2ccc3c(c2)OCO3)c1. The van der Waals surface area contributed by atoms with E-state index < -0.39 is 0 Å². The maximum Gasteiger partial charge on any atom is 0.244 e. The van der Waals surface area contributed by atoms with Crippen molar-refractivity contribution in [3.05, 3.63) is 53.6 Å². The van der Waals surface area contributed by atoms with Gasteiger partial charge in [0, 0.05) is 18.2 Å². The van der Waals surface area contributed by atoms with Crippen LogP contribution in [0.1, 0.15) is 11.1 Å². The normalized spacial score (nSPS) is 12.2. The molecule has 0 spiro atoms. The molecule has 2 aromatic carbocycles. The fraction of sp³-hybridized carbons (Fsp3) is 0.211. The monoisotopic (exact) mass is 341 g/mol. The molecule has 2 aromatic rings. The van der Waals surface area contributed by atoms with Gasteiger partial charge in [-0.1, -0.05) is 6.07 Å². The third kappa shape index (κ3) is 4.03. The summed E-state index contributed by atoms with van der Waals surface area (Å²) >= 11 is 0. The lowest BCUT2D eigenvalue weighted by Gasteiger charge is -2.10. The van der Waals surface area contributed by atoms with Crippen LogP contribution in [0.5, 0.6) is 23.0 Å². The summed E-state index contributed by atoms with van der Waals surface area (Å²) in [5.74, 6) is 2.60. The van der Waals surface area contributed by atoms with Gasteiger partial charge in [0.15, 0.2) is 11.5 Å². The molecule has 0 aliphatic carbocycles. The molecule has 0 unspecified atom stereocenters. The highest BCUT2D eigenvalue weighted by Crippen LogP contribution is 2.32. The predicted octanol–water partition coefficient (Wildman–Crippen LogP) is 2.76. The number of hydrogen-bond donors (Lipinski definition) is 1. The molecule has 3 rings (SSSR count). The minimum absolute atomic E-state index is 0.206. The molecule has 0 bridgehead atoms. The molecule has 1 heterocycles. The summed E-state index contributed by atoms with van der Waals surface area (Å²) in [5, 5.41) is 2.83. The predicted molar refractivity (Wildman–Crippen MR) is 93.0 cm³/mol. The van der Waals surface area contributed by atoms with E-state index in [2.05, 4.69) is 5.32 Å². The molecule has 0 radical (unpaired) electrons. The summed E-state index contributed by atoms with van der Waals surface area (Å²) in [6, 6.07) is 11.0. The zero-order chi connectivity index (χ0) is 17.6. The van der Waals surface area contributed by atoms with Gasteiger partial charge in [0.25, 0.3) is 0 Å². The van der Waals surface area contributed by atoms with Crippen molar-refractivity contribution < 1.29 is 23.7 Å². The number of carbonyl (C=O) groups excluding carboxylic acids is 1. The second kappa shape index (κ2) is 7.61. The highest BCUT2D eigenvalue weighted by Gasteiger charge is 2.12. The first kappa shape index (κ1) is 16.7. The maximum absolute atomic E-state index is 12.1. The van der Waals surface area contributed by atoms with Gasteiger partial charge in [0.1, 0.15) is 11.5 Å². The largest absolute Gasteiger partial charge is 0.497 e. The summed E-state index contributed by atoms with van der Waals surface area (Å²) in [5.41, 5.74) is 1.70. The van der Waals surface area contributed by atoms with Crippen LogP contribution in [-0.2, 0) is 11.3 Å². The number of fused-ring (bicyclic) bond motifs is 1. The van der Waals surface area contributed by atoms with E-state index in [1.165, 1.54) is 6.08 Å². The number of hydrogen-bond acceptors (Lipinski definition) is 5. The minimum atomic E-state index is -0.206. The summed E-state index contributed by atoms with van der Waals surface area (Å²) in [4.78, 5) is 12.1. The molecular formula is C19H19NO5. The molecule has 0 fully saturated rings. The first-order valence-electron chi connectivity index (χ1n) is 7.76. The van der Waals surface area contributed by atoms with Crippen molar-refractivity contribution in [2.45, 2.75) is 6.54 Å². The number of nitrogens with one attached hydrogen (secondary N) is 1. The van der Waals surface area contributed by atoms with Crippen LogP contribution in [0.4, 0.5) is 0 Å². The van der Waals surface area contributed by atoms with Crippen molar-refractivity contribution in [2.24, 2.45) is 0 Å². The van der Waals surface area contributed by atoms with E-state index in [0.717, 1.165) is 11.1 Å². The molecule has 1 amide bonds. The van der Waals surface area contributed by atoms with E-state index in [0.29, 0.717) is 29.5 Å². The Morgan fingerprint density at radius 3 is 2.76 bits per heavy atom. The summed E-state index contributed by atoms with van der Waals surface area (Å²) < 4.78 is 21.1. The fourth-order valence-corrected chi connectivity index (χ4v) is 2.45. The molecule has 6 heteroatoms. The highest BCUT2D eigenvalue weighted by molar-refractivity contribution is 5.91. The number of carbonyl (C=O) groups is 1. The number of ether oxygens (including phenoxy) is 4. The second-order valence-electron chi connectivity index (χ2n) is 5.34. The van der Waals surface area contributed by atoms with Gasteiger partial charge < -0.3 is 24.3 Å². The Labute approximate surface area is 146 Å². The van der Waals surface area contributed by atoms with E-state index >= 15 is 0 Å². The first-order valence-corrected chi connectivity index (χ1v) is 7.76. The zero-order valence-electron chi connectivity index (χ0n) is 14.1. The topological polar surface area (TPSA) is 66.0 Å². The number of methoxy groups -OCH3 is 2. The quantitative estimate of drug-likeness (QED) is 0.819. The second-order valence-corrected chi connectivity index (χ2v) is 5.34. The smallest absolute Gasteiger partial charge is 0.244 e. The summed E-state index contributed by atoms with van der Waals surface area (Å²) in [6.45, 7) is 0.566. The molecule has 1 N–H and O–H groups in total. The Balaban J connectivity index is 1.61. The Morgan fingerprint density at radius 2 is 1.96 bits per heavy atom. The fourth-order valence-electron chi connectivity index (χ4n) is 2.45. The molecule has 0 saturated heterocycles. The first-order chi connectivity index (χ1) is 12.2. The lowest BCUT2D eigenvalue weighted by atomic mass is 10.1. The van der Waals surface area contributed by atoms with Gasteiger partial charge in [-0.25, -0.2) is 0 Å². The molecular weight excluding hydrogens is 322 g/mol. The van der Waals surface area contributed by atoms with Crippen LogP contribution in [0.3, 0.4) is 0 Å². The molecule has 0 aromatic heterocycles. The van der Waals surface area contributed by atoms with Gasteiger partial charge in [0.05, 0.1) is 14.2 Å². The number of benzene rings is 2. The Morgan fingerprint density at radius 1 is 1.12 bits per heavy atom. The molecule has 6 nitrogen and oxygen atoms in total. The van der Waals surface area contributed by atoms with E-state index in [9.17, 15) is 4.79 Å². The molecule has 1 aliphatic heterocycles. The van der Waals surface area contributed by atoms with Crippen molar-refractivity contribution in [3.63, 3.8) is 0 Å². The average molecular weight is 341 g/mol. The van der Waals surface area contributed by atoms with E-state index in [-0.39, 0.29) is 12.7 Å². The van der Waals surface area contributed by atoms with Crippen molar-refractivity contribution >= 4 is 12.0 Å². The molecule has 130 valence electrons. The van der Waals surface area contributed by atoms with Crippen molar-refractivity contribution in [2.75, 3.05) is 21.0 Å². The van der Waals surface area contributed by atoms with Crippen LogP contribution in [-0.4, -0.2) is 26.9 Å². The van der Waals surface area contributed by atoms with Crippen LogP contribution in [0.2, 0.25) is 0 Å². The third-order valence-electron chi connectivity index (χ3n) is 3.76. The lowest BCUT2D eigenvalue weighted by molar-refractivity contribution is -0.116. The Hall–Kier alpha value is -3.15. The van der Waals surface area contributed by atoms with Crippen LogP contribution in [0.15, 0.2) is 42.5 Å². The Kier molecular flexibility index (Phi) is 5.09. The van der Waals surface area contributed by atoms with Crippen molar-refractivity contribution in [1.29, 1.82) is 0 Å². The van der Waals surface area contributed by atoms with Crippen molar-refractivity contribution in [1.82, 2.24) is 5.32 Å². The van der Waals surface area contributed by atoms with Crippen LogP contribution in [0, 0.1) is 0 Å². The molecule has 0 saturated carbocycles. The van der Waals surface area contributed by atoms with Crippen LogP contribution >= 0.6 is 0 Å². The third-order valence-corrected chi connectivity index (χ3v) is 3.76. The van der Waals surface area contributed by atoms with E-state index in [1.807, 2.05) is 36.4 Å². The highest BCUT2D eigenvalue weighted by atomic mass is 16.7. The summed E-state index contributed by atoms with van der Waals surface area (Å²) in [7, 11) is 3.19. The molecule has 0 atom stereocenters. The number of rotatable bonds is 6. The van der Waals surface area contributed by atoms with Gasteiger partial charge in [-0.3, -0.25) is 4.79 Å². The van der Waals surface area contributed by atoms with E-state index in [4.69, 9.17) is 18.9 Å². The number of amides is 1. The zero-order valence-corrected chi connectivity index (χ0v) is 14.1. The molecule has 25 heavy (non-hydrogen) atoms. The standard InChI is InChI=1S/C19H19NO5/c1-22-15-5-7-16(23-2)14(10-15)11-20-19(21)8-4-13-3-6-17-18(9-13)25-12-24-17/h3-10H,11-12H2,1-2H3,(H,20,21)/b8-4+. The van der Waals surface area contributed by atoms with Crippen LogP contribution < -0.4 is 24.3 Å². The van der Waals surface area contributed by atoms with Gasteiger partial charge in [-0.05, 0) is 42.0 Å². The van der Waals surface area contributed by atoms with Crippen LogP contribution in [0.25, 0.3) is 6.08 Å². The van der Waals surface area contributed by atoms with Crippen molar-refractivity contribution in [3.8, 4) is 23.0 Å². The Bertz CT molecular complexity index is 800. The minimum Gasteiger partial charge on any atom is -0.497 e. The van der Waals surface area contributed by atoms with Gasteiger partial charge in [-0.2, -0.15) is 0 Å². The van der Waals surface area contributed by atoms with E-state index in [1.54, 1.807) is 20.3 Å². The van der Waals surface area contributed by atoms with Gasteiger partial charge >= 0.3 is 0 Å². The summed E-state index contributed by atoms with van der Waals surface area (Å²) in [6.07, 6.45) is 3.20. The lowest BCUT2D eigenvalue weighted by Crippen LogP contribution is -2.20. The maximum atomic E-state index is 12.1. The molecule has 1 aliphatic rings. The average Bonchev–Trinajstić information content (AvgIpc) is 3.12. The van der Waals surface area contributed by atoms with Gasteiger partial charge in [-0.15, -0.1) is 0 Å².